The molecule has 1 amide bonds. The average molecular weight is 380 g/mol. The Morgan fingerprint density at radius 3 is 2.68 bits per heavy atom. The number of hydrogen-bond acceptors (Lipinski definition) is 6. The lowest BCUT2D eigenvalue weighted by molar-refractivity contribution is 0.0600. The van der Waals surface area contributed by atoms with Gasteiger partial charge in [0.1, 0.15) is 23.7 Å². The molecule has 7 nitrogen and oxygen atoms in total. The third kappa shape index (κ3) is 4.67. The number of anilines is 2. The molecule has 28 heavy (non-hydrogen) atoms. The molecule has 0 bridgehead atoms. The van der Waals surface area contributed by atoms with Gasteiger partial charge in [0.15, 0.2) is 0 Å². The van der Waals surface area contributed by atoms with Gasteiger partial charge in [-0.25, -0.2) is 19.2 Å². The molecular formula is C20H17FN4O3. The lowest BCUT2D eigenvalue weighted by Crippen LogP contribution is -2.24. The number of nitrogens with zero attached hydrogens (tertiary/aromatic N) is 2. The molecule has 142 valence electrons. The topological polar surface area (TPSA) is 93.2 Å². The lowest BCUT2D eigenvalue weighted by Gasteiger charge is -2.09. The van der Waals surface area contributed by atoms with Crippen LogP contribution in [0.4, 0.5) is 15.9 Å². The number of carbonyl (C=O) groups excluding carboxylic acids is 2. The van der Waals surface area contributed by atoms with Crippen LogP contribution in [0.25, 0.3) is 0 Å². The van der Waals surface area contributed by atoms with Crippen molar-refractivity contribution in [1.82, 2.24) is 15.3 Å². The highest BCUT2D eigenvalue weighted by atomic mass is 19.1. The van der Waals surface area contributed by atoms with E-state index in [4.69, 9.17) is 4.74 Å². The van der Waals surface area contributed by atoms with E-state index < -0.39 is 17.7 Å². The molecule has 0 saturated heterocycles. The van der Waals surface area contributed by atoms with Crippen molar-refractivity contribution in [3.05, 3.63) is 83.6 Å². The minimum absolute atomic E-state index is 0.0411. The Bertz CT molecular complexity index is 1010. The summed E-state index contributed by atoms with van der Waals surface area (Å²) in [6, 6.07) is 14.3. The van der Waals surface area contributed by atoms with E-state index >= 15 is 0 Å². The summed E-state index contributed by atoms with van der Waals surface area (Å²) >= 11 is 0. The van der Waals surface area contributed by atoms with Crippen molar-refractivity contribution in [3.8, 4) is 0 Å². The van der Waals surface area contributed by atoms with E-state index in [-0.39, 0.29) is 12.2 Å². The summed E-state index contributed by atoms with van der Waals surface area (Å²) in [7, 11) is 1.30. The van der Waals surface area contributed by atoms with Crippen molar-refractivity contribution < 1.29 is 18.7 Å². The monoisotopic (exact) mass is 380 g/mol. The zero-order valence-electron chi connectivity index (χ0n) is 15.0. The molecule has 2 N–H and O–H groups in total. The highest BCUT2D eigenvalue weighted by molar-refractivity contribution is 5.93. The molecule has 1 heterocycles. The summed E-state index contributed by atoms with van der Waals surface area (Å²) < 4.78 is 18.3. The SMILES string of the molecule is COC(=O)c1cccc(Nc2cc(C(=O)NCc3ccccc3F)ncn2)c1. The van der Waals surface area contributed by atoms with Gasteiger partial charge in [0, 0.05) is 23.9 Å². The Hall–Kier alpha value is -3.81. The molecule has 0 aliphatic carbocycles. The molecule has 3 aromatic rings. The summed E-state index contributed by atoms with van der Waals surface area (Å²) in [5, 5.41) is 5.62. The Morgan fingerprint density at radius 2 is 1.89 bits per heavy atom. The van der Waals surface area contributed by atoms with Crippen LogP contribution in [0, 0.1) is 5.82 Å². The molecule has 0 aliphatic rings. The minimum Gasteiger partial charge on any atom is -0.465 e. The number of amides is 1. The third-order valence-electron chi connectivity index (χ3n) is 3.85. The predicted octanol–water partition coefficient (Wildman–Crippen LogP) is 3.08. The number of hydrogen-bond donors (Lipinski definition) is 2. The van der Waals surface area contributed by atoms with E-state index in [0.717, 1.165) is 0 Å². The fourth-order valence-electron chi connectivity index (χ4n) is 2.45. The number of carbonyl (C=O) groups is 2. The highest BCUT2D eigenvalue weighted by Crippen LogP contribution is 2.17. The normalized spacial score (nSPS) is 10.2. The van der Waals surface area contributed by atoms with Crippen LogP contribution < -0.4 is 10.6 Å². The van der Waals surface area contributed by atoms with Gasteiger partial charge in [-0.2, -0.15) is 0 Å². The molecule has 0 radical (unpaired) electrons. The van der Waals surface area contributed by atoms with Crippen molar-refractivity contribution >= 4 is 23.4 Å². The minimum atomic E-state index is -0.461. The first kappa shape index (κ1) is 19.0. The zero-order chi connectivity index (χ0) is 19.9. The summed E-state index contributed by atoms with van der Waals surface area (Å²) in [6.45, 7) is 0.0411. The van der Waals surface area contributed by atoms with Crippen LogP contribution in [0.3, 0.4) is 0 Å². The second-order valence-electron chi connectivity index (χ2n) is 5.76. The van der Waals surface area contributed by atoms with Crippen molar-refractivity contribution in [2.45, 2.75) is 6.54 Å². The largest absolute Gasteiger partial charge is 0.465 e. The van der Waals surface area contributed by atoms with Crippen LogP contribution in [0.2, 0.25) is 0 Å². The van der Waals surface area contributed by atoms with E-state index in [1.807, 2.05) is 0 Å². The summed E-state index contributed by atoms with van der Waals surface area (Å²) in [5.74, 6) is -0.942. The summed E-state index contributed by atoms with van der Waals surface area (Å²) in [6.07, 6.45) is 1.24. The Kier molecular flexibility index (Phi) is 5.91. The van der Waals surface area contributed by atoms with Gasteiger partial charge < -0.3 is 15.4 Å². The van der Waals surface area contributed by atoms with Gasteiger partial charge in [-0.15, -0.1) is 0 Å². The highest BCUT2D eigenvalue weighted by Gasteiger charge is 2.11. The van der Waals surface area contributed by atoms with E-state index in [1.165, 1.54) is 25.6 Å². The summed E-state index contributed by atoms with van der Waals surface area (Å²) in [4.78, 5) is 31.9. The summed E-state index contributed by atoms with van der Waals surface area (Å²) in [5.41, 5.74) is 1.48. The van der Waals surface area contributed by atoms with Crippen LogP contribution >= 0.6 is 0 Å². The standard InChI is InChI=1S/C20H17FN4O3/c1-28-20(27)13-6-4-7-15(9-13)25-18-10-17(23-12-24-18)19(26)22-11-14-5-2-3-8-16(14)21/h2-10,12H,11H2,1H3,(H,22,26)(H,23,24,25). The van der Waals surface area contributed by atoms with E-state index in [2.05, 4.69) is 20.6 Å². The number of esters is 1. The fraction of sp³-hybridized carbons (Fsp3) is 0.100. The molecule has 0 aliphatic heterocycles. The van der Waals surface area contributed by atoms with Gasteiger partial charge in [-0.1, -0.05) is 24.3 Å². The lowest BCUT2D eigenvalue weighted by atomic mass is 10.2. The molecule has 3 rings (SSSR count). The van der Waals surface area contributed by atoms with Crippen LogP contribution in [-0.4, -0.2) is 29.0 Å². The predicted molar refractivity (Wildman–Crippen MR) is 101 cm³/mol. The van der Waals surface area contributed by atoms with Gasteiger partial charge in [0.25, 0.3) is 5.91 Å². The van der Waals surface area contributed by atoms with Crippen LogP contribution in [-0.2, 0) is 11.3 Å². The van der Waals surface area contributed by atoms with Gasteiger partial charge in [0.2, 0.25) is 0 Å². The number of aromatic nitrogens is 2. The quantitative estimate of drug-likeness (QED) is 0.639. The van der Waals surface area contributed by atoms with Gasteiger partial charge in [-0.3, -0.25) is 4.79 Å². The number of methoxy groups -OCH3 is 1. The molecule has 8 heteroatoms. The molecule has 0 spiro atoms. The first-order chi connectivity index (χ1) is 13.6. The molecule has 1 aromatic heterocycles. The van der Waals surface area contributed by atoms with Crippen LogP contribution in [0.5, 0.6) is 0 Å². The maximum atomic E-state index is 13.6. The molecule has 2 aromatic carbocycles. The molecule has 0 unspecified atom stereocenters. The van der Waals surface area contributed by atoms with Gasteiger partial charge in [-0.05, 0) is 24.3 Å². The Balaban J connectivity index is 1.69. The van der Waals surface area contributed by atoms with Crippen molar-refractivity contribution in [2.24, 2.45) is 0 Å². The zero-order valence-corrected chi connectivity index (χ0v) is 15.0. The maximum Gasteiger partial charge on any atom is 0.337 e. The van der Waals surface area contributed by atoms with Crippen molar-refractivity contribution in [1.29, 1.82) is 0 Å². The first-order valence-corrected chi connectivity index (χ1v) is 8.36. The number of nitrogens with one attached hydrogen (secondary N) is 2. The van der Waals surface area contributed by atoms with E-state index in [1.54, 1.807) is 42.5 Å². The average Bonchev–Trinajstić information content (AvgIpc) is 2.72. The molecule has 0 atom stereocenters. The smallest absolute Gasteiger partial charge is 0.337 e. The van der Waals surface area contributed by atoms with E-state index in [0.29, 0.717) is 22.6 Å². The number of benzene rings is 2. The third-order valence-corrected chi connectivity index (χ3v) is 3.85. The second kappa shape index (κ2) is 8.72. The molecule has 0 saturated carbocycles. The number of halogens is 1. The Morgan fingerprint density at radius 1 is 1.07 bits per heavy atom. The van der Waals surface area contributed by atoms with E-state index in [9.17, 15) is 14.0 Å². The fourth-order valence-corrected chi connectivity index (χ4v) is 2.45. The Labute approximate surface area is 160 Å². The first-order valence-electron chi connectivity index (χ1n) is 8.36. The molecular weight excluding hydrogens is 363 g/mol. The second-order valence-corrected chi connectivity index (χ2v) is 5.76. The number of ether oxygens (including phenoxy) is 1. The van der Waals surface area contributed by atoms with Crippen molar-refractivity contribution in [3.63, 3.8) is 0 Å². The van der Waals surface area contributed by atoms with Gasteiger partial charge >= 0.3 is 5.97 Å². The van der Waals surface area contributed by atoms with Crippen LogP contribution in [0.15, 0.2) is 60.9 Å². The number of rotatable bonds is 6. The van der Waals surface area contributed by atoms with Crippen molar-refractivity contribution in [2.75, 3.05) is 12.4 Å². The molecule has 0 fully saturated rings. The maximum absolute atomic E-state index is 13.6. The van der Waals surface area contributed by atoms with Crippen LogP contribution in [0.1, 0.15) is 26.4 Å². The van der Waals surface area contributed by atoms with Gasteiger partial charge in [0.05, 0.1) is 12.7 Å².